The summed E-state index contributed by atoms with van der Waals surface area (Å²) in [4.78, 5) is 0. The number of benzene rings is 1. The monoisotopic (exact) mass is 228 g/mol. The Labute approximate surface area is 88.9 Å². The molecular formula is C10H12O4S. The molecule has 5 heteroatoms. The van der Waals surface area contributed by atoms with Crippen LogP contribution in [-0.2, 0) is 10.1 Å². The molecule has 1 aromatic rings. The maximum Gasteiger partial charge on any atom is 0.300 e. The summed E-state index contributed by atoms with van der Waals surface area (Å²) < 4.78 is 34.1. The highest BCUT2D eigenvalue weighted by molar-refractivity contribution is 7.85. The Hall–Kier alpha value is -1.33. The van der Waals surface area contributed by atoms with Crippen LogP contribution in [0, 0.1) is 0 Å². The van der Waals surface area contributed by atoms with Crippen LogP contribution in [0.3, 0.4) is 0 Å². The molecule has 0 radical (unpaired) electrons. The quantitative estimate of drug-likeness (QED) is 0.800. The van der Waals surface area contributed by atoms with Gasteiger partial charge in [-0.25, -0.2) is 0 Å². The summed E-state index contributed by atoms with van der Waals surface area (Å²) in [5.74, 6) is -0.323. The van der Waals surface area contributed by atoms with Crippen molar-refractivity contribution in [3.05, 3.63) is 35.9 Å². The number of allylic oxidation sites excluding steroid dienone is 1. The van der Waals surface area contributed by atoms with E-state index in [1.54, 1.807) is 24.3 Å². The van der Waals surface area contributed by atoms with Gasteiger partial charge in [-0.1, -0.05) is 24.3 Å². The van der Waals surface area contributed by atoms with Crippen molar-refractivity contribution in [2.75, 3.05) is 5.94 Å². The molecule has 0 spiro atoms. The summed E-state index contributed by atoms with van der Waals surface area (Å²) in [6.45, 7) is 1.91. The van der Waals surface area contributed by atoms with Crippen molar-refractivity contribution in [3.63, 3.8) is 0 Å². The van der Waals surface area contributed by atoms with Crippen molar-refractivity contribution >= 4 is 16.2 Å². The fourth-order valence-electron chi connectivity index (χ4n) is 1.01. The Morgan fingerprint density at radius 1 is 1.33 bits per heavy atom. The first-order valence-electron chi connectivity index (χ1n) is 4.32. The van der Waals surface area contributed by atoms with Gasteiger partial charge in [-0.2, -0.15) is 8.42 Å². The summed E-state index contributed by atoms with van der Waals surface area (Å²) in [7, 11) is -4.08. The number of ether oxygens (including phenoxy) is 1. The third-order valence-electron chi connectivity index (χ3n) is 1.61. The molecule has 0 saturated heterocycles. The third kappa shape index (κ3) is 4.62. The number of hydrogen-bond donors (Lipinski definition) is 1. The minimum absolute atomic E-state index is 0.404. The third-order valence-corrected chi connectivity index (χ3v) is 2.03. The fraction of sp³-hybridized carbons (Fsp3) is 0.200. The molecule has 0 saturated carbocycles. The van der Waals surface area contributed by atoms with Gasteiger partial charge in [0.25, 0.3) is 0 Å². The molecular weight excluding hydrogens is 216 g/mol. The van der Waals surface area contributed by atoms with Gasteiger partial charge in [-0.3, -0.25) is 4.55 Å². The van der Waals surface area contributed by atoms with Crippen molar-refractivity contribution in [1.82, 2.24) is 0 Å². The zero-order valence-electron chi connectivity index (χ0n) is 8.25. The SMILES string of the molecule is CC=Cc1ccc(OCS(=O)(=O)O)cc1. The van der Waals surface area contributed by atoms with Gasteiger partial charge in [0.15, 0.2) is 0 Å². The van der Waals surface area contributed by atoms with Crippen molar-refractivity contribution in [2.24, 2.45) is 0 Å². The van der Waals surface area contributed by atoms with E-state index in [9.17, 15) is 8.42 Å². The molecule has 0 aliphatic rings. The molecule has 0 bridgehead atoms. The standard InChI is InChI=1S/C10H12O4S/c1-2-3-9-4-6-10(7-5-9)14-8-15(11,12)13/h2-7H,8H2,1H3,(H,11,12,13). The lowest BCUT2D eigenvalue weighted by molar-refractivity contribution is 0.353. The molecule has 0 atom stereocenters. The van der Waals surface area contributed by atoms with Gasteiger partial charge in [0.2, 0.25) is 5.94 Å². The van der Waals surface area contributed by atoms with Crippen molar-refractivity contribution in [2.45, 2.75) is 6.92 Å². The summed E-state index contributed by atoms with van der Waals surface area (Å²) in [5.41, 5.74) is 0.997. The first-order valence-corrected chi connectivity index (χ1v) is 5.93. The molecule has 0 heterocycles. The van der Waals surface area contributed by atoms with E-state index >= 15 is 0 Å². The van der Waals surface area contributed by atoms with E-state index in [2.05, 4.69) is 0 Å². The highest BCUT2D eigenvalue weighted by Crippen LogP contribution is 2.13. The second-order valence-electron chi connectivity index (χ2n) is 2.91. The van der Waals surface area contributed by atoms with Gasteiger partial charge in [-0.05, 0) is 24.6 Å². The Bertz CT molecular complexity index is 431. The minimum atomic E-state index is -4.08. The highest BCUT2D eigenvalue weighted by atomic mass is 32.2. The van der Waals surface area contributed by atoms with Crippen molar-refractivity contribution in [3.8, 4) is 5.75 Å². The number of rotatable bonds is 4. The summed E-state index contributed by atoms with van der Waals surface area (Å²) in [6, 6.07) is 6.86. The van der Waals surface area contributed by atoms with Crippen molar-refractivity contribution in [1.29, 1.82) is 0 Å². The summed E-state index contributed by atoms with van der Waals surface area (Å²) in [5, 5.41) is 0. The van der Waals surface area contributed by atoms with E-state index in [0.29, 0.717) is 5.75 Å². The van der Waals surface area contributed by atoms with E-state index in [0.717, 1.165) is 5.56 Å². The molecule has 1 N–H and O–H groups in total. The average Bonchev–Trinajstić information content (AvgIpc) is 2.16. The smallest absolute Gasteiger partial charge is 0.300 e. The van der Waals surface area contributed by atoms with Gasteiger partial charge in [0.05, 0.1) is 0 Å². The second-order valence-corrected chi connectivity index (χ2v) is 4.31. The second kappa shape index (κ2) is 4.95. The molecule has 0 aliphatic heterocycles. The van der Waals surface area contributed by atoms with Crippen molar-refractivity contribution < 1.29 is 17.7 Å². The van der Waals surface area contributed by atoms with Gasteiger partial charge in [0.1, 0.15) is 5.75 Å². The Morgan fingerprint density at radius 2 is 1.93 bits per heavy atom. The lowest BCUT2D eigenvalue weighted by Gasteiger charge is -2.03. The van der Waals surface area contributed by atoms with Crippen LogP contribution in [0.2, 0.25) is 0 Å². The zero-order valence-corrected chi connectivity index (χ0v) is 9.07. The molecule has 82 valence electrons. The van der Waals surface area contributed by atoms with E-state index in [1.807, 2.05) is 19.1 Å². The first-order chi connectivity index (χ1) is 7.01. The molecule has 0 amide bonds. The molecule has 1 rings (SSSR count). The summed E-state index contributed by atoms with van der Waals surface area (Å²) in [6.07, 6.45) is 3.81. The predicted octanol–water partition coefficient (Wildman–Crippen LogP) is 1.94. The summed E-state index contributed by atoms with van der Waals surface area (Å²) >= 11 is 0. The van der Waals surface area contributed by atoms with Crippen LogP contribution < -0.4 is 4.74 Å². The normalized spacial score (nSPS) is 11.9. The van der Waals surface area contributed by atoms with E-state index in [1.165, 1.54) is 0 Å². The molecule has 0 aromatic heterocycles. The zero-order chi connectivity index (χ0) is 11.3. The average molecular weight is 228 g/mol. The van der Waals surface area contributed by atoms with Gasteiger partial charge in [-0.15, -0.1) is 0 Å². The topological polar surface area (TPSA) is 63.6 Å². The van der Waals surface area contributed by atoms with Crippen LogP contribution in [0.5, 0.6) is 5.75 Å². The van der Waals surface area contributed by atoms with Crippen LogP contribution in [0.15, 0.2) is 30.3 Å². The van der Waals surface area contributed by atoms with Crippen LogP contribution in [0.25, 0.3) is 6.08 Å². The minimum Gasteiger partial charge on any atom is -0.475 e. The Morgan fingerprint density at radius 3 is 2.40 bits per heavy atom. The van der Waals surface area contributed by atoms with E-state index in [-0.39, 0.29) is 0 Å². The molecule has 0 unspecified atom stereocenters. The van der Waals surface area contributed by atoms with Crippen LogP contribution in [-0.4, -0.2) is 18.9 Å². The van der Waals surface area contributed by atoms with Gasteiger partial charge < -0.3 is 4.74 Å². The maximum absolute atomic E-state index is 10.4. The van der Waals surface area contributed by atoms with E-state index in [4.69, 9.17) is 9.29 Å². The maximum atomic E-state index is 10.4. The number of hydrogen-bond acceptors (Lipinski definition) is 3. The Balaban J connectivity index is 2.65. The molecule has 0 fully saturated rings. The molecule has 4 nitrogen and oxygen atoms in total. The van der Waals surface area contributed by atoms with Gasteiger partial charge >= 0.3 is 10.1 Å². The van der Waals surface area contributed by atoms with Crippen LogP contribution >= 0.6 is 0 Å². The molecule has 0 aliphatic carbocycles. The lowest BCUT2D eigenvalue weighted by Crippen LogP contribution is -2.10. The fourth-order valence-corrected chi connectivity index (χ4v) is 1.30. The van der Waals surface area contributed by atoms with Gasteiger partial charge in [0, 0.05) is 0 Å². The van der Waals surface area contributed by atoms with Crippen LogP contribution in [0.1, 0.15) is 12.5 Å². The molecule has 15 heavy (non-hydrogen) atoms. The molecule has 1 aromatic carbocycles. The van der Waals surface area contributed by atoms with E-state index < -0.39 is 16.1 Å². The lowest BCUT2D eigenvalue weighted by atomic mass is 10.2. The predicted molar refractivity (Wildman–Crippen MR) is 58.2 cm³/mol. The Kier molecular flexibility index (Phi) is 3.88. The first kappa shape index (κ1) is 11.7. The largest absolute Gasteiger partial charge is 0.475 e. The van der Waals surface area contributed by atoms with Crippen LogP contribution in [0.4, 0.5) is 0 Å². The highest BCUT2D eigenvalue weighted by Gasteiger charge is 2.04.